The predicted octanol–water partition coefficient (Wildman–Crippen LogP) is 13.5. The Bertz CT molecular complexity index is 999. The summed E-state index contributed by atoms with van der Waals surface area (Å²) in [4.78, 5) is 12.4. The molecule has 0 aliphatic carbocycles. The summed E-state index contributed by atoms with van der Waals surface area (Å²) in [7, 11) is 0. The van der Waals surface area contributed by atoms with E-state index < -0.39 is 12.1 Å². The fourth-order valence-electron chi connectivity index (χ4n) is 5.76. The van der Waals surface area contributed by atoms with Gasteiger partial charge < -0.3 is 15.5 Å². The summed E-state index contributed by atoms with van der Waals surface area (Å²) >= 11 is 0. The highest BCUT2D eigenvalue weighted by Crippen LogP contribution is 2.12. The van der Waals surface area contributed by atoms with E-state index in [0.29, 0.717) is 6.42 Å². The van der Waals surface area contributed by atoms with Gasteiger partial charge in [0.25, 0.3) is 0 Å². The Balaban J connectivity index is 3.77. The quantitative estimate of drug-likeness (QED) is 0.0442. The molecule has 0 fully saturated rings. The van der Waals surface area contributed by atoms with E-state index in [9.17, 15) is 15.0 Å². The van der Waals surface area contributed by atoms with Gasteiger partial charge in [0, 0.05) is 6.42 Å². The Kier molecular flexibility index (Phi) is 40.5. The van der Waals surface area contributed by atoms with Crippen molar-refractivity contribution in [2.75, 3.05) is 6.61 Å². The van der Waals surface area contributed by atoms with Gasteiger partial charge in [0.2, 0.25) is 5.91 Å². The number of unbranched alkanes of at least 4 members (excludes halogenated alkanes) is 16. The molecule has 0 aliphatic heterocycles. The molecule has 2 unspecified atom stereocenters. The molecule has 3 N–H and O–H groups in total. The molecule has 296 valence electrons. The third-order valence-electron chi connectivity index (χ3n) is 9.03. The van der Waals surface area contributed by atoms with Crippen LogP contribution in [0.1, 0.15) is 181 Å². The lowest BCUT2D eigenvalue weighted by molar-refractivity contribution is -0.123. The van der Waals surface area contributed by atoms with Crippen molar-refractivity contribution in [1.29, 1.82) is 0 Å². The fraction of sp³-hybridized carbons (Fsp3) is 0.646. The largest absolute Gasteiger partial charge is 0.394 e. The summed E-state index contributed by atoms with van der Waals surface area (Å²) in [5, 5.41) is 22.9. The van der Waals surface area contributed by atoms with Gasteiger partial charge in [0.1, 0.15) is 0 Å². The zero-order valence-electron chi connectivity index (χ0n) is 33.8. The van der Waals surface area contributed by atoms with Crippen LogP contribution in [-0.4, -0.2) is 34.9 Å². The maximum atomic E-state index is 12.4. The first-order chi connectivity index (χ1) is 25.7. The molecule has 4 heteroatoms. The van der Waals surface area contributed by atoms with Crippen LogP contribution in [0.2, 0.25) is 0 Å². The minimum Gasteiger partial charge on any atom is -0.394 e. The van der Waals surface area contributed by atoms with Crippen LogP contribution in [0.15, 0.2) is 97.2 Å². The topological polar surface area (TPSA) is 69.6 Å². The molecule has 52 heavy (non-hydrogen) atoms. The molecular weight excluding hydrogens is 639 g/mol. The lowest BCUT2D eigenvalue weighted by Crippen LogP contribution is -2.45. The zero-order chi connectivity index (χ0) is 37.8. The van der Waals surface area contributed by atoms with Crippen molar-refractivity contribution in [1.82, 2.24) is 5.32 Å². The van der Waals surface area contributed by atoms with Crippen LogP contribution < -0.4 is 5.32 Å². The van der Waals surface area contributed by atoms with Crippen molar-refractivity contribution in [3.05, 3.63) is 97.2 Å². The predicted molar refractivity (Wildman–Crippen MR) is 230 cm³/mol. The van der Waals surface area contributed by atoms with Gasteiger partial charge >= 0.3 is 0 Å². The van der Waals surface area contributed by atoms with Crippen molar-refractivity contribution in [2.45, 2.75) is 193 Å². The number of hydrogen-bond donors (Lipinski definition) is 3. The van der Waals surface area contributed by atoms with Crippen molar-refractivity contribution in [3.8, 4) is 0 Å². The van der Waals surface area contributed by atoms with E-state index >= 15 is 0 Å². The molecular formula is C48H81NO3. The highest BCUT2D eigenvalue weighted by Gasteiger charge is 2.17. The number of carbonyl (C=O) groups is 1. The molecule has 0 heterocycles. The van der Waals surface area contributed by atoms with Gasteiger partial charge in [-0.2, -0.15) is 0 Å². The number of amides is 1. The van der Waals surface area contributed by atoms with Gasteiger partial charge in [-0.3, -0.25) is 4.79 Å². The molecule has 0 radical (unpaired) electrons. The molecule has 2 atom stereocenters. The SMILES string of the molecule is CC/C=C\C/C=C\C/C=C\C/C=C\C/C=C\CCCCCC(=O)NC(CO)C(O)/C=C/CC/C=C/CC/C=C/CCCCCCCCCCCCC. The van der Waals surface area contributed by atoms with E-state index in [4.69, 9.17) is 0 Å². The monoisotopic (exact) mass is 720 g/mol. The Hall–Kier alpha value is -2.69. The summed E-state index contributed by atoms with van der Waals surface area (Å²) in [5.41, 5.74) is 0. The summed E-state index contributed by atoms with van der Waals surface area (Å²) in [5.74, 6) is -0.114. The number of hydrogen-bond acceptors (Lipinski definition) is 3. The molecule has 0 saturated heterocycles. The Morgan fingerprint density at radius 3 is 1.35 bits per heavy atom. The third-order valence-corrected chi connectivity index (χ3v) is 9.03. The van der Waals surface area contributed by atoms with Gasteiger partial charge in [0.15, 0.2) is 0 Å². The van der Waals surface area contributed by atoms with Gasteiger partial charge in [-0.25, -0.2) is 0 Å². The van der Waals surface area contributed by atoms with E-state index in [0.717, 1.165) is 83.5 Å². The van der Waals surface area contributed by atoms with E-state index in [1.807, 2.05) is 6.08 Å². The van der Waals surface area contributed by atoms with Crippen LogP contribution in [0.5, 0.6) is 0 Å². The van der Waals surface area contributed by atoms with Gasteiger partial charge in [-0.15, -0.1) is 0 Å². The average Bonchev–Trinajstić information content (AvgIpc) is 3.15. The smallest absolute Gasteiger partial charge is 0.220 e. The highest BCUT2D eigenvalue weighted by atomic mass is 16.3. The first-order valence-electron chi connectivity index (χ1n) is 21.5. The van der Waals surface area contributed by atoms with E-state index in [1.54, 1.807) is 6.08 Å². The third kappa shape index (κ3) is 38.5. The maximum absolute atomic E-state index is 12.4. The first kappa shape index (κ1) is 49.3. The minimum absolute atomic E-state index is 0.114. The van der Waals surface area contributed by atoms with Gasteiger partial charge in [-0.1, -0.05) is 182 Å². The molecule has 1 amide bonds. The number of aliphatic hydroxyl groups excluding tert-OH is 2. The highest BCUT2D eigenvalue weighted by molar-refractivity contribution is 5.76. The van der Waals surface area contributed by atoms with Gasteiger partial charge in [0.05, 0.1) is 18.8 Å². The van der Waals surface area contributed by atoms with Crippen LogP contribution in [0.4, 0.5) is 0 Å². The lowest BCUT2D eigenvalue weighted by atomic mass is 10.1. The summed E-state index contributed by atoms with van der Waals surface area (Å²) < 4.78 is 0. The Morgan fingerprint density at radius 2 is 0.865 bits per heavy atom. The second-order valence-corrected chi connectivity index (χ2v) is 14.0. The van der Waals surface area contributed by atoms with Crippen LogP contribution in [-0.2, 0) is 4.79 Å². The molecule has 0 aromatic rings. The van der Waals surface area contributed by atoms with Gasteiger partial charge in [-0.05, 0) is 89.9 Å². The van der Waals surface area contributed by atoms with Crippen LogP contribution in [0, 0.1) is 0 Å². The van der Waals surface area contributed by atoms with E-state index in [-0.39, 0.29) is 12.5 Å². The standard InChI is InChI=1S/C48H81NO3/c1-3-5-7-9-11-13-15-17-19-21-23-24-26-27-29-31-33-35-37-39-41-43-47(51)46(45-50)49-48(52)44-42-40-38-36-34-32-30-28-25-22-20-18-16-14-12-10-8-6-4-2/h6,8,12,14,18,20,25-28,32-35,41,43,46-47,50-51H,3-5,7,9-11,13,15-17,19,21-24,29-31,36-40,42,44-45H2,1-2H3,(H,49,52)/b8-6-,14-12-,20-18-,27-26+,28-25-,34-32-,35-33+,43-41+. The first-order valence-corrected chi connectivity index (χ1v) is 21.5. The van der Waals surface area contributed by atoms with Crippen LogP contribution >= 0.6 is 0 Å². The van der Waals surface area contributed by atoms with Crippen LogP contribution in [0.25, 0.3) is 0 Å². The molecule has 0 bridgehead atoms. The molecule has 0 spiro atoms. The molecule has 0 saturated carbocycles. The number of aliphatic hydroxyl groups is 2. The molecule has 0 rings (SSSR count). The molecule has 0 aliphatic rings. The van der Waals surface area contributed by atoms with Crippen molar-refractivity contribution < 1.29 is 15.0 Å². The van der Waals surface area contributed by atoms with E-state index in [2.05, 4.69) is 104 Å². The second-order valence-electron chi connectivity index (χ2n) is 14.0. The van der Waals surface area contributed by atoms with Crippen molar-refractivity contribution in [3.63, 3.8) is 0 Å². The normalized spacial score (nSPS) is 14.0. The number of carbonyl (C=O) groups excluding carboxylic acids is 1. The Labute approximate surface area is 322 Å². The number of rotatable bonds is 37. The lowest BCUT2D eigenvalue weighted by Gasteiger charge is -2.19. The summed E-state index contributed by atoms with van der Waals surface area (Å²) in [6, 6.07) is -0.669. The van der Waals surface area contributed by atoms with Crippen LogP contribution in [0.3, 0.4) is 0 Å². The summed E-state index contributed by atoms with van der Waals surface area (Å²) in [6.45, 7) is 4.15. The number of nitrogens with one attached hydrogen (secondary N) is 1. The average molecular weight is 720 g/mol. The zero-order valence-corrected chi connectivity index (χ0v) is 33.8. The van der Waals surface area contributed by atoms with E-state index in [1.165, 1.54) is 77.0 Å². The molecule has 0 aromatic carbocycles. The number of allylic oxidation sites excluding steroid dienone is 15. The summed E-state index contributed by atoms with van der Waals surface area (Å²) in [6.07, 6.45) is 63.7. The molecule has 0 aromatic heterocycles. The Morgan fingerprint density at radius 1 is 0.481 bits per heavy atom. The minimum atomic E-state index is -0.890. The fourth-order valence-corrected chi connectivity index (χ4v) is 5.76. The van der Waals surface area contributed by atoms with Crippen molar-refractivity contribution in [2.24, 2.45) is 0 Å². The maximum Gasteiger partial charge on any atom is 0.220 e. The second kappa shape index (κ2) is 42.7. The van der Waals surface area contributed by atoms with Crippen molar-refractivity contribution >= 4 is 5.91 Å². The molecule has 4 nitrogen and oxygen atoms in total.